The number of nitrogens with one attached hydrogen (secondary N) is 2. The molecule has 0 aromatic carbocycles. The van der Waals surface area contributed by atoms with Crippen molar-refractivity contribution in [1.82, 2.24) is 4.98 Å². The summed E-state index contributed by atoms with van der Waals surface area (Å²) in [5.41, 5.74) is 6.25. The molecule has 1 rings (SSSR count). The summed E-state index contributed by atoms with van der Waals surface area (Å²) in [6.07, 6.45) is 4.30. The molecule has 0 aliphatic heterocycles. The third kappa shape index (κ3) is 3.20. The van der Waals surface area contributed by atoms with E-state index in [1.54, 1.807) is 6.07 Å². The van der Waals surface area contributed by atoms with Crippen LogP contribution in [0.25, 0.3) is 0 Å². The van der Waals surface area contributed by atoms with Crippen LogP contribution in [0.3, 0.4) is 0 Å². The number of nitrogens with zero attached hydrogens (tertiary/aromatic N) is 1. The molecule has 5 N–H and O–H groups in total. The zero-order valence-electron chi connectivity index (χ0n) is 11.0. The summed E-state index contributed by atoms with van der Waals surface area (Å²) in [5, 5.41) is 17.5. The molecule has 18 heavy (non-hydrogen) atoms. The van der Waals surface area contributed by atoms with E-state index in [4.69, 9.17) is 11.1 Å². The predicted molar refractivity (Wildman–Crippen MR) is 74.0 cm³/mol. The Labute approximate surface area is 108 Å². The number of aliphatic hydroxyl groups is 1. The molecule has 5 nitrogen and oxygen atoms in total. The standard InChI is InChI=1S/C13H22N4O/c1-3-5-8-13(18,4-2)11-7-6-10(17-11)12(15)16-9-14/h6-7,9,17-18H,3-5,8H2,1-2H3,(H3,14,15,16). The van der Waals surface area contributed by atoms with Crippen molar-refractivity contribution in [2.24, 2.45) is 10.7 Å². The van der Waals surface area contributed by atoms with Crippen LogP contribution in [0.5, 0.6) is 0 Å². The van der Waals surface area contributed by atoms with Crippen molar-refractivity contribution < 1.29 is 5.11 Å². The fourth-order valence-electron chi connectivity index (χ4n) is 1.93. The molecule has 0 radical (unpaired) electrons. The average Bonchev–Trinajstić information content (AvgIpc) is 2.86. The largest absolute Gasteiger partial charge is 0.384 e. The van der Waals surface area contributed by atoms with Crippen LogP contribution in [0.15, 0.2) is 17.1 Å². The van der Waals surface area contributed by atoms with E-state index in [0.717, 1.165) is 31.3 Å². The second-order valence-electron chi connectivity index (χ2n) is 4.42. The van der Waals surface area contributed by atoms with Crippen LogP contribution >= 0.6 is 0 Å². The average molecular weight is 250 g/mol. The van der Waals surface area contributed by atoms with Crippen molar-refractivity contribution in [2.45, 2.75) is 45.1 Å². The number of unbranched alkanes of at least 4 members (excludes halogenated alkanes) is 1. The van der Waals surface area contributed by atoms with Gasteiger partial charge in [-0.3, -0.25) is 5.41 Å². The molecule has 0 bridgehead atoms. The molecular formula is C13H22N4O. The maximum absolute atomic E-state index is 10.6. The molecule has 0 fully saturated rings. The van der Waals surface area contributed by atoms with Crippen LogP contribution in [0, 0.1) is 5.41 Å². The Bertz CT molecular complexity index is 424. The topological polar surface area (TPSA) is 98.2 Å². The van der Waals surface area contributed by atoms with Crippen molar-refractivity contribution >= 4 is 12.2 Å². The molecule has 0 saturated carbocycles. The highest BCUT2D eigenvalue weighted by molar-refractivity contribution is 5.99. The molecule has 1 aromatic heterocycles. The number of aromatic nitrogens is 1. The highest BCUT2D eigenvalue weighted by Crippen LogP contribution is 2.29. The van der Waals surface area contributed by atoms with Gasteiger partial charge in [0, 0.05) is 5.69 Å². The molecular weight excluding hydrogens is 228 g/mol. The van der Waals surface area contributed by atoms with Crippen LogP contribution in [0.4, 0.5) is 0 Å². The number of hydrogen-bond donors (Lipinski definition) is 4. The van der Waals surface area contributed by atoms with E-state index in [2.05, 4.69) is 16.9 Å². The van der Waals surface area contributed by atoms with E-state index >= 15 is 0 Å². The fraction of sp³-hybridized carbons (Fsp3) is 0.538. The predicted octanol–water partition coefficient (Wildman–Crippen LogP) is 2.11. The highest BCUT2D eigenvalue weighted by Gasteiger charge is 2.28. The summed E-state index contributed by atoms with van der Waals surface area (Å²) < 4.78 is 0. The lowest BCUT2D eigenvalue weighted by atomic mass is 9.90. The Kier molecular flexibility index (Phi) is 5.09. The first-order valence-corrected chi connectivity index (χ1v) is 6.31. The van der Waals surface area contributed by atoms with E-state index in [9.17, 15) is 5.11 Å². The zero-order valence-corrected chi connectivity index (χ0v) is 11.0. The molecule has 1 atom stereocenters. The second kappa shape index (κ2) is 6.35. The van der Waals surface area contributed by atoms with Gasteiger partial charge in [0.25, 0.3) is 0 Å². The summed E-state index contributed by atoms with van der Waals surface area (Å²) in [6, 6.07) is 3.62. The first-order chi connectivity index (χ1) is 8.57. The van der Waals surface area contributed by atoms with Gasteiger partial charge in [-0.05, 0) is 25.0 Å². The molecule has 5 heteroatoms. The lowest BCUT2D eigenvalue weighted by molar-refractivity contribution is 0.0173. The number of nitrogens with two attached hydrogens (primary N) is 1. The molecule has 0 spiro atoms. The smallest absolute Gasteiger partial charge is 0.148 e. The van der Waals surface area contributed by atoms with Gasteiger partial charge in [0.1, 0.15) is 17.8 Å². The van der Waals surface area contributed by atoms with Crippen LogP contribution < -0.4 is 5.73 Å². The van der Waals surface area contributed by atoms with Crippen molar-refractivity contribution in [2.75, 3.05) is 0 Å². The van der Waals surface area contributed by atoms with Gasteiger partial charge >= 0.3 is 0 Å². The summed E-state index contributed by atoms with van der Waals surface area (Å²) in [7, 11) is 0. The van der Waals surface area contributed by atoms with Crippen LogP contribution in [0.1, 0.15) is 50.9 Å². The van der Waals surface area contributed by atoms with Gasteiger partial charge in [-0.15, -0.1) is 0 Å². The first kappa shape index (κ1) is 14.4. The summed E-state index contributed by atoms with van der Waals surface area (Å²) in [5.74, 6) is 0.255. The maximum Gasteiger partial charge on any atom is 0.148 e. The van der Waals surface area contributed by atoms with E-state index in [1.807, 2.05) is 13.0 Å². The van der Waals surface area contributed by atoms with Crippen LogP contribution in [0.2, 0.25) is 0 Å². The summed E-state index contributed by atoms with van der Waals surface area (Å²) in [6.45, 7) is 4.07. The molecule has 0 aliphatic carbocycles. The highest BCUT2D eigenvalue weighted by atomic mass is 16.3. The number of H-pyrrole nitrogens is 1. The molecule has 1 unspecified atom stereocenters. The second-order valence-corrected chi connectivity index (χ2v) is 4.42. The Morgan fingerprint density at radius 1 is 1.56 bits per heavy atom. The summed E-state index contributed by atoms with van der Waals surface area (Å²) >= 11 is 0. The van der Waals surface area contributed by atoms with E-state index in [0.29, 0.717) is 12.1 Å². The third-order valence-corrected chi connectivity index (χ3v) is 3.20. The van der Waals surface area contributed by atoms with Gasteiger partial charge in [0.05, 0.1) is 5.69 Å². The van der Waals surface area contributed by atoms with Gasteiger partial charge in [-0.25, -0.2) is 4.99 Å². The third-order valence-electron chi connectivity index (χ3n) is 3.20. The number of hydrogen-bond acceptors (Lipinski definition) is 2. The minimum absolute atomic E-state index is 0.255. The first-order valence-electron chi connectivity index (χ1n) is 6.31. The summed E-state index contributed by atoms with van der Waals surface area (Å²) in [4.78, 5) is 6.79. The Balaban J connectivity index is 2.95. The molecule has 1 aromatic rings. The Morgan fingerprint density at radius 3 is 2.83 bits per heavy atom. The van der Waals surface area contributed by atoms with Gasteiger partial charge in [0.15, 0.2) is 0 Å². The van der Waals surface area contributed by atoms with E-state index < -0.39 is 5.60 Å². The molecule has 0 amide bonds. The van der Waals surface area contributed by atoms with Crippen molar-refractivity contribution in [3.8, 4) is 0 Å². The SMILES string of the molecule is CCCCC(O)(CC)c1ccc(C(N)=NC=N)[nH]1. The molecule has 1 heterocycles. The fourth-order valence-corrected chi connectivity index (χ4v) is 1.93. The number of amidine groups is 1. The zero-order chi connectivity index (χ0) is 13.6. The lowest BCUT2D eigenvalue weighted by Gasteiger charge is -2.25. The normalized spacial score (nSPS) is 15.4. The van der Waals surface area contributed by atoms with Gasteiger partial charge in [-0.1, -0.05) is 26.7 Å². The maximum atomic E-state index is 10.6. The van der Waals surface area contributed by atoms with Gasteiger partial charge in [-0.2, -0.15) is 0 Å². The van der Waals surface area contributed by atoms with Crippen LogP contribution in [-0.2, 0) is 5.60 Å². The van der Waals surface area contributed by atoms with Crippen LogP contribution in [-0.4, -0.2) is 22.3 Å². The van der Waals surface area contributed by atoms with Crippen molar-refractivity contribution in [3.63, 3.8) is 0 Å². The number of rotatable bonds is 7. The quantitative estimate of drug-likeness (QED) is 0.440. The number of aliphatic imine (C=N–C) groups is 1. The molecule has 0 aliphatic rings. The number of aromatic amines is 1. The van der Waals surface area contributed by atoms with E-state index in [-0.39, 0.29) is 5.84 Å². The van der Waals surface area contributed by atoms with Gasteiger partial charge < -0.3 is 15.8 Å². The van der Waals surface area contributed by atoms with Crippen molar-refractivity contribution in [1.29, 1.82) is 5.41 Å². The Morgan fingerprint density at radius 2 is 2.28 bits per heavy atom. The Hall–Kier alpha value is -1.62. The van der Waals surface area contributed by atoms with E-state index in [1.165, 1.54) is 0 Å². The molecule has 0 saturated heterocycles. The van der Waals surface area contributed by atoms with Crippen molar-refractivity contribution in [3.05, 3.63) is 23.5 Å². The monoisotopic (exact) mass is 250 g/mol. The minimum Gasteiger partial charge on any atom is -0.384 e. The van der Waals surface area contributed by atoms with Gasteiger partial charge in [0.2, 0.25) is 0 Å². The minimum atomic E-state index is -0.834. The molecule has 100 valence electrons. The lowest BCUT2D eigenvalue weighted by Crippen LogP contribution is -2.25.